The molecule has 106 valence electrons. The minimum Gasteiger partial charge on any atom is -0.478 e. The van der Waals surface area contributed by atoms with E-state index in [1.165, 1.54) is 0 Å². The zero-order valence-electron chi connectivity index (χ0n) is 10.2. The standard InChI is InChI=1S/C13H9F3O4/c1-2-20-11(17)4-3-8-5-9(12(18)19)7-10(6-8)13(14,15)16/h5-7H,2H2,1H3,(H,18,19). The molecule has 0 heterocycles. The zero-order chi connectivity index (χ0) is 15.3. The molecule has 0 atom stereocenters. The third-order valence-corrected chi connectivity index (χ3v) is 2.09. The largest absolute Gasteiger partial charge is 0.478 e. The number of esters is 1. The van der Waals surface area contributed by atoms with Gasteiger partial charge in [-0.2, -0.15) is 13.2 Å². The Kier molecular flexibility index (Phi) is 4.75. The van der Waals surface area contributed by atoms with Gasteiger partial charge < -0.3 is 9.84 Å². The smallest absolute Gasteiger partial charge is 0.416 e. The lowest BCUT2D eigenvalue weighted by Gasteiger charge is -2.08. The number of carboxylic acids is 1. The van der Waals surface area contributed by atoms with Gasteiger partial charge in [-0.25, -0.2) is 9.59 Å². The maximum Gasteiger partial charge on any atom is 0.416 e. The molecule has 20 heavy (non-hydrogen) atoms. The van der Waals surface area contributed by atoms with E-state index in [4.69, 9.17) is 5.11 Å². The lowest BCUT2D eigenvalue weighted by atomic mass is 10.1. The number of alkyl halides is 3. The number of ether oxygens (including phenoxy) is 1. The number of aromatic carboxylic acids is 1. The van der Waals surface area contributed by atoms with Crippen molar-refractivity contribution < 1.29 is 32.6 Å². The monoisotopic (exact) mass is 286 g/mol. The molecule has 0 aliphatic rings. The van der Waals surface area contributed by atoms with E-state index in [0.29, 0.717) is 12.1 Å². The molecule has 0 saturated heterocycles. The maximum atomic E-state index is 12.6. The molecule has 0 radical (unpaired) electrons. The third-order valence-electron chi connectivity index (χ3n) is 2.09. The summed E-state index contributed by atoms with van der Waals surface area (Å²) in [4.78, 5) is 21.7. The molecule has 1 rings (SSSR count). The van der Waals surface area contributed by atoms with Crippen molar-refractivity contribution in [3.8, 4) is 11.8 Å². The van der Waals surface area contributed by atoms with E-state index >= 15 is 0 Å². The summed E-state index contributed by atoms with van der Waals surface area (Å²) in [6, 6.07) is 2.11. The first-order valence-electron chi connectivity index (χ1n) is 5.38. The predicted molar refractivity (Wildman–Crippen MR) is 61.9 cm³/mol. The molecule has 7 heteroatoms. The molecule has 0 aliphatic heterocycles. The Labute approximate surface area is 112 Å². The van der Waals surface area contributed by atoms with Crippen molar-refractivity contribution >= 4 is 11.9 Å². The van der Waals surface area contributed by atoms with Crippen LogP contribution in [0, 0.1) is 11.8 Å². The van der Waals surface area contributed by atoms with Gasteiger partial charge >= 0.3 is 18.1 Å². The van der Waals surface area contributed by atoms with E-state index in [0.717, 1.165) is 6.07 Å². The number of rotatable bonds is 2. The summed E-state index contributed by atoms with van der Waals surface area (Å²) in [6.07, 6.45) is -4.70. The lowest BCUT2D eigenvalue weighted by molar-refractivity contribution is -0.138. The summed E-state index contributed by atoms with van der Waals surface area (Å²) in [6.45, 7) is 1.63. The molecule has 1 aromatic rings. The third kappa shape index (κ3) is 4.31. The van der Waals surface area contributed by atoms with Gasteiger partial charge in [0, 0.05) is 11.5 Å². The molecule has 0 aliphatic carbocycles. The van der Waals surface area contributed by atoms with Gasteiger partial charge in [0.2, 0.25) is 0 Å². The topological polar surface area (TPSA) is 63.6 Å². The van der Waals surface area contributed by atoms with E-state index in [9.17, 15) is 22.8 Å². The minimum atomic E-state index is -4.70. The average molecular weight is 286 g/mol. The van der Waals surface area contributed by atoms with Crippen LogP contribution in [-0.4, -0.2) is 23.7 Å². The molecule has 0 aromatic heterocycles. The number of halogens is 3. The summed E-state index contributed by atoms with van der Waals surface area (Å²) < 4.78 is 42.3. The van der Waals surface area contributed by atoms with Crippen molar-refractivity contribution in [2.75, 3.05) is 6.61 Å². The zero-order valence-corrected chi connectivity index (χ0v) is 10.2. The van der Waals surface area contributed by atoms with Crippen LogP contribution in [0.5, 0.6) is 0 Å². The molecule has 0 fully saturated rings. The first-order valence-corrected chi connectivity index (χ1v) is 5.38. The van der Waals surface area contributed by atoms with Crippen molar-refractivity contribution in [1.29, 1.82) is 0 Å². The summed E-state index contributed by atoms with van der Waals surface area (Å²) in [7, 11) is 0. The second-order valence-electron chi connectivity index (χ2n) is 3.57. The first-order chi connectivity index (χ1) is 9.24. The van der Waals surface area contributed by atoms with E-state index in [1.807, 2.05) is 5.92 Å². The quantitative estimate of drug-likeness (QED) is 0.669. The SMILES string of the molecule is CCOC(=O)C#Cc1cc(C(=O)O)cc(C(F)(F)F)c1. The van der Waals surface area contributed by atoms with Crippen LogP contribution in [0.15, 0.2) is 18.2 Å². The van der Waals surface area contributed by atoms with Crippen molar-refractivity contribution in [2.45, 2.75) is 13.1 Å². The van der Waals surface area contributed by atoms with Gasteiger partial charge in [-0.15, -0.1) is 0 Å². The summed E-state index contributed by atoms with van der Waals surface area (Å²) in [5.74, 6) is 1.70. The van der Waals surface area contributed by atoms with Crippen LogP contribution in [-0.2, 0) is 15.7 Å². The van der Waals surface area contributed by atoms with Crippen LogP contribution < -0.4 is 0 Å². The van der Waals surface area contributed by atoms with Crippen LogP contribution in [0.2, 0.25) is 0 Å². The second kappa shape index (κ2) is 6.10. The second-order valence-corrected chi connectivity index (χ2v) is 3.57. The normalized spacial score (nSPS) is 10.4. The molecule has 0 saturated carbocycles. The Morgan fingerprint density at radius 2 is 1.95 bits per heavy atom. The fourth-order valence-corrected chi connectivity index (χ4v) is 1.28. The Morgan fingerprint density at radius 1 is 1.30 bits per heavy atom. The Hall–Kier alpha value is -2.49. The van der Waals surface area contributed by atoms with Crippen LogP contribution in [0.4, 0.5) is 13.2 Å². The molecule has 1 N–H and O–H groups in total. The predicted octanol–water partition coefficient (Wildman–Crippen LogP) is 2.32. The lowest BCUT2D eigenvalue weighted by Crippen LogP contribution is -2.08. The van der Waals surface area contributed by atoms with Gasteiger partial charge in [0.05, 0.1) is 17.7 Å². The van der Waals surface area contributed by atoms with Crippen molar-refractivity contribution in [3.63, 3.8) is 0 Å². The first kappa shape index (κ1) is 15.6. The van der Waals surface area contributed by atoms with E-state index < -0.39 is 29.2 Å². The number of hydrogen-bond donors (Lipinski definition) is 1. The maximum absolute atomic E-state index is 12.6. The highest BCUT2D eigenvalue weighted by Gasteiger charge is 2.31. The number of carboxylic acid groups (broad SMARTS) is 1. The van der Waals surface area contributed by atoms with Crippen LogP contribution in [0.1, 0.15) is 28.4 Å². The summed E-state index contributed by atoms with van der Waals surface area (Å²) >= 11 is 0. The van der Waals surface area contributed by atoms with Crippen LogP contribution in [0.3, 0.4) is 0 Å². The molecule has 0 amide bonds. The minimum absolute atomic E-state index is 0.0798. The van der Waals surface area contributed by atoms with Crippen molar-refractivity contribution in [3.05, 3.63) is 34.9 Å². The molecule has 0 unspecified atom stereocenters. The fraction of sp³-hybridized carbons (Fsp3) is 0.231. The molecule has 0 bridgehead atoms. The highest BCUT2D eigenvalue weighted by molar-refractivity contribution is 5.90. The van der Waals surface area contributed by atoms with Gasteiger partial charge in [-0.3, -0.25) is 0 Å². The number of benzene rings is 1. The van der Waals surface area contributed by atoms with Gasteiger partial charge in [-0.05, 0) is 25.1 Å². The fourth-order valence-electron chi connectivity index (χ4n) is 1.28. The Bertz CT molecular complexity index is 594. The van der Waals surface area contributed by atoms with Crippen LogP contribution >= 0.6 is 0 Å². The van der Waals surface area contributed by atoms with Gasteiger partial charge in [0.1, 0.15) is 0 Å². The van der Waals surface area contributed by atoms with E-state index in [2.05, 4.69) is 10.7 Å². The average Bonchev–Trinajstić information content (AvgIpc) is 2.35. The van der Waals surface area contributed by atoms with Gasteiger partial charge in [0.25, 0.3) is 0 Å². The molecular weight excluding hydrogens is 277 g/mol. The number of carbonyl (C=O) groups is 2. The van der Waals surface area contributed by atoms with Crippen molar-refractivity contribution in [2.24, 2.45) is 0 Å². The van der Waals surface area contributed by atoms with Crippen molar-refractivity contribution in [1.82, 2.24) is 0 Å². The molecule has 1 aromatic carbocycles. The van der Waals surface area contributed by atoms with Gasteiger partial charge in [0.15, 0.2) is 0 Å². The van der Waals surface area contributed by atoms with Crippen LogP contribution in [0.25, 0.3) is 0 Å². The Morgan fingerprint density at radius 3 is 2.45 bits per heavy atom. The molecule has 0 spiro atoms. The van der Waals surface area contributed by atoms with E-state index in [1.54, 1.807) is 6.92 Å². The molecular formula is C13H9F3O4. The summed E-state index contributed by atoms with van der Waals surface area (Å²) in [5.41, 5.74) is -1.94. The number of hydrogen-bond acceptors (Lipinski definition) is 3. The molecule has 4 nitrogen and oxygen atoms in total. The summed E-state index contributed by atoms with van der Waals surface area (Å²) in [5, 5.41) is 8.75. The van der Waals surface area contributed by atoms with E-state index in [-0.39, 0.29) is 12.2 Å². The Balaban J connectivity index is 3.23. The number of carbonyl (C=O) groups excluding carboxylic acids is 1. The highest BCUT2D eigenvalue weighted by atomic mass is 19.4. The highest BCUT2D eigenvalue weighted by Crippen LogP contribution is 2.30. The van der Waals surface area contributed by atoms with Gasteiger partial charge in [-0.1, -0.05) is 5.92 Å².